The topological polar surface area (TPSA) is 42.8 Å². The van der Waals surface area contributed by atoms with Gasteiger partial charge in [-0.1, -0.05) is 41.9 Å². The van der Waals surface area contributed by atoms with Gasteiger partial charge in [0.25, 0.3) is 0 Å². The minimum atomic E-state index is 0.474. The molecular formula is C16H17ClN2O2. The van der Waals surface area contributed by atoms with Crippen molar-refractivity contribution in [3.05, 3.63) is 58.6 Å². The molecule has 0 saturated heterocycles. The van der Waals surface area contributed by atoms with Crippen molar-refractivity contribution >= 4 is 17.8 Å². The second-order valence-electron chi connectivity index (χ2n) is 4.28. The summed E-state index contributed by atoms with van der Waals surface area (Å²) in [6.45, 7) is 0.655. The van der Waals surface area contributed by atoms with Crippen molar-refractivity contribution in [2.75, 3.05) is 14.2 Å². The van der Waals surface area contributed by atoms with E-state index in [2.05, 4.69) is 10.5 Å². The normalized spacial score (nSPS) is 10.6. The molecule has 0 aliphatic heterocycles. The van der Waals surface area contributed by atoms with E-state index in [4.69, 9.17) is 21.1 Å². The second-order valence-corrected chi connectivity index (χ2v) is 4.66. The monoisotopic (exact) mass is 304 g/mol. The van der Waals surface area contributed by atoms with Gasteiger partial charge in [-0.15, -0.1) is 0 Å². The summed E-state index contributed by atoms with van der Waals surface area (Å²) < 4.78 is 10.4. The van der Waals surface area contributed by atoms with Crippen molar-refractivity contribution in [2.24, 2.45) is 5.10 Å². The molecule has 0 atom stereocenters. The third-order valence-corrected chi connectivity index (χ3v) is 3.33. The Morgan fingerprint density at radius 3 is 2.52 bits per heavy atom. The van der Waals surface area contributed by atoms with Gasteiger partial charge in [0.05, 0.1) is 32.0 Å². The summed E-state index contributed by atoms with van der Waals surface area (Å²) in [5.41, 5.74) is 4.90. The number of methoxy groups -OCH3 is 2. The predicted molar refractivity (Wildman–Crippen MR) is 85.4 cm³/mol. The quantitative estimate of drug-likeness (QED) is 0.656. The van der Waals surface area contributed by atoms with E-state index in [0.717, 1.165) is 11.1 Å². The van der Waals surface area contributed by atoms with Gasteiger partial charge in [-0.2, -0.15) is 5.10 Å². The number of ether oxygens (including phenoxy) is 2. The first-order chi connectivity index (χ1) is 10.3. The number of nitrogens with zero attached hydrogens (tertiary/aromatic N) is 1. The van der Waals surface area contributed by atoms with E-state index in [1.54, 1.807) is 26.5 Å². The van der Waals surface area contributed by atoms with Crippen LogP contribution in [0.2, 0.25) is 5.02 Å². The molecule has 0 saturated carbocycles. The van der Waals surface area contributed by atoms with Gasteiger partial charge >= 0.3 is 0 Å². The Kier molecular flexibility index (Phi) is 5.46. The summed E-state index contributed by atoms with van der Waals surface area (Å²) in [4.78, 5) is 0. The maximum Gasteiger partial charge on any atom is 0.180 e. The average Bonchev–Trinajstić information content (AvgIpc) is 2.53. The lowest BCUT2D eigenvalue weighted by molar-refractivity contribution is 0.355. The number of rotatable bonds is 6. The largest absolute Gasteiger partial charge is 0.493 e. The molecule has 4 nitrogen and oxygen atoms in total. The number of benzene rings is 2. The molecule has 5 heteroatoms. The average molecular weight is 305 g/mol. The number of halogens is 1. The summed E-state index contributed by atoms with van der Waals surface area (Å²) in [7, 11) is 3.13. The highest BCUT2D eigenvalue weighted by atomic mass is 35.5. The molecular weight excluding hydrogens is 288 g/mol. The van der Waals surface area contributed by atoms with Crippen LogP contribution in [0.15, 0.2) is 47.6 Å². The molecule has 0 amide bonds. The highest BCUT2D eigenvalue weighted by molar-refractivity contribution is 6.34. The minimum absolute atomic E-state index is 0.474. The molecule has 21 heavy (non-hydrogen) atoms. The molecule has 110 valence electrons. The fraction of sp³-hybridized carbons (Fsp3) is 0.188. The van der Waals surface area contributed by atoms with Gasteiger partial charge in [-0.3, -0.25) is 0 Å². The smallest absolute Gasteiger partial charge is 0.180 e. The van der Waals surface area contributed by atoms with Crippen molar-refractivity contribution in [3.63, 3.8) is 0 Å². The molecule has 1 N–H and O–H groups in total. The number of nitrogens with one attached hydrogen (secondary N) is 1. The second kappa shape index (κ2) is 7.55. The molecule has 0 unspecified atom stereocenters. The van der Waals surface area contributed by atoms with Crippen LogP contribution in [0.4, 0.5) is 0 Å². The Hall–Kier alpha value is -2.20. The maximum absolute atomic E-state index is 6.26. The minimum Gasteiger partial charge on any atom is -0.493 e. The van der Waals surface area contributed by atoms with Crippen LogP contribution in [0.5, 0.6) is 11.5 Å². The van der Waals surface area contributed by atoms with E-state index in [1.807, 2.05) is 36.4 Å². The van der Waals surface area contributed by atoms with Crippen LogP contribution in [0.3, 0.4) is 0 Å². The first kappa shape index (κ1) is 15.2. The number of hydrogen-bond acceptors (Lipinski definition) is 4. The molecule has 0 fully saturated rings. The Balaban J connectivity index is 2.04. The number of hydrogen-bond donors (Lipinski definition) is 1. The van der Waals surface area contributed by atoms with Crippen molar-refractivity contribution in [1.29, 1.82) is 0 Å². The van der Waals surface area contributed by atoms with Crippen LogP contribution >= 0.6 is 11.6 Å². The lowest BCUT2D eigenvalue weighted by Crippen LogP contribution is -2.05. The lowest BCUT2D eigenvalue weighted by Gasteiger charge is -2.10. The van der Waals surface area contributed by atoms with Gasteiger partial charge in [0.2, 0.25) is 0 Å². The van der Waals surface area contributed by atoms with Crippen LogP contribution < -0.4 is 14.9 Å². The van der Waals surface area contributed by atoms with E-state index >= 15 is 0 Å². The van der Waals surface area contributed by atoms with E-state index in [1.165, 1.54) is 0 Å². The fourth-order valence-electron chi connectivity index (χ4n) is 1.85. The summed E-state index contributed by atoms with van der Waals surface area (Å²) in [5.74, 6) is 1.10. The van der Waals surface area contributed by atoms with Crippen LogP contribution in [-0.2, 0) is 6.54 Å². The standard InChI is InChI=1S/C16H17ClN2O2/c1-20-14-9-8-13(15(17)16(14)21-2)11-19-18-10-12-6-4-3-5-7-12/h3-9,11,18H,10H2,1-2H3. The summed E-state index contributed by atoms with van der Waals surface area (Å²) >= 11 is 6.26. The Morgan fingerprint density at radius 2 is 1.86 bits per heavy atom. The highest BCUT2D eigenvalue weighted by Gasteiger charge is 2.11. The van der Waals surface area contributed by atoms with Crippen molar-refractivity contribution in [1.82, 2.24) is 5.43 Å². The first-order valence-corrected chi connectivity index (χ1v) is 6.84. The number of hydrazone groups is 1. The molecule has 0 heterocycles. The SMILES string of the molecule is COc1ccc(C=NNCc2ccccc2)c(Cl)c1OC. The zero-order chi connectivity index (χ0) is 15.1. The van der Waals surface area contributed by atoms with E-state index in [-0.39, 0.29) is 0 Å². The first-order valence-electron chi connectivity index (χ1n) is 6.46. The Morgan fingerprint density at radius 1 is 1.10 bits per heavy atom. The van der Waals surface area contributed by atoms with Crippen molar-refractivity contribution < 1.29 is 9.47 Å². The molecule has 0 aliphatic rings. The predicted octanol–water partition coefficient (Wildman–Crippen LogP) is 3.48. The molecule has 0 aromatic heterocycles. The zero-order valence-corrected chi connectivity index (χ0v) is 12.7. The van der Waals surface area contributed by atoms with Crippen LogP contribution in [0, 0.1) is 0 Å². The lowest BCUT2D eigenvalue weighted by atomic mass is 10.2. The van der Waals surface area contributed by atoms with E-state index in [9.17, 15) is 0 Å². The van der Waals surface area contributed by atoms with Crippen LogP contribution in [-0.4, -0.2) is 20.4 Å². The Labute approximate surface area is 129 Å². The van der Waals surface area contributed by atoms with Gasteiger partial charge in [0.1, 0.15) is 0 Å². The third kappa shape index (κ3) is 3.89. The molecule has 2 aromatic rings. The van der Waals surface area contributed by atoms with Gasteiger partial charge in [0, 0.05) is 5.56 Å². The summed E-state index contributed by atoms with van der Waals surface area (Å²) in [5, 5.41) is 4.65. The molecule has 0 radical (unpaired) electrons. The molecule has 2 aromatic carbocycles. The van der Waals surface area contributed by atoms with Gasteiger partial charge in [-0.25, -0.2) is 0 Å². The van der Waals surface area contributed by atoms with Crippen LogP contribution in [0.1, 0.15) is 11.1 Å². The van der Waals surface area contributed by atoms with Gasteiger partial charge in [0.15, 0.2) is 11.5 Å². The van der Waals surface area contributed by atoms with Gasteiger partial charge < -0.3 is 14.9 Å². The summed E-state index contributed by atoms with van der Waals surface area (Å²) in [6.07, 6.45) is 1.66. The van der Waals surface area contributed by atoms with Crippen molar-refractivity contribution in [2.45, 2.75) is 6.54 Å². The van der Waals surface area contributed by atoms with Crippen molar-refractivity contribution in [3.8, 4) is 11.5 Å². The molecule has 0 spiro atoms. The fourth-order valence-corrected chi connectivity index (χ4v) is 2.13. The van der Waals surface area contributed by atoms with Crippen LogP contribution in [0.25, 0.3) is 0 Å². The third-order valence-electron chi connectivity index (χ3n) is 2.94. The highest BCUT2D eigenvalue weighted by Crippen LogP contribution is 2.36. The van der Waals surface area contributed by atoms with E-state index in [0.29, 0.717) is 23.1 Å². The zero-order valence-electron chi connectivity index (χ0n) is 12.0. The molecule has 2 rings (SSSR count). The molecule has 0 aliphatic carbocycles. The van der Waals surface area contributed by atoms with Gasteiger partial charge in [-0.05, 0) is 17.7 Å². The maximum atomic E-state index is 6.26. The Bertz CT molecular complexity index is 615. The van der Waals surface area contributed by atoms with E-state index < -0.39 is 0 Å². The summed E-state index contributed by atoms with van der Waals surface area (Å²) in [6, 6.07) is 13.7. The molecule has 0 bridgehead atoms.